The quantitative estimate of drug-likeness (QED) is 0.395. The Bertz CT molecular complexity index is 1070. The van der Waals surface area contributed by atoms with Gasteiger partial charge in [0.05, 0.1) is 7.11 Å². The van der Waals surface area contributed by atoms with Gasteiger partial charge >= 0.3 is 0 Å². The van der Waals surface area contributed by atoms with E-state index in [0.29, 0.717) is 25.8 Å². The van der Waals surface area contributed by atoms with E-state index in [9.17, 15) is 9.59 Å². The van der Waals surface area contributed by atoms with E-state index in [4.69, 9.17) is 4.74 Å². The first-order chi connectivity index (χ1) is 17.0. The maximum atomic E-state index is 13.7. The van der Waals surface area contributed by atoms with Crippen LogP contribution in [0.2, 0.25) is 0 Å². The number of hydrogen-bond acceptors (Lipinski definition) is 3. The maximum Gasteiger partial charge on any atom is 0.243 e. The maximum absolute atomic E-state index is 13.7. The molecule has 0 saturated heterocycles. The SMILES string of the molecule is CCC(C)NC(=O)C(Cc1ccccc1)N(Cc1cccc(OC)c1)C(=O)CCc1ccccc1. The summed E-state index contributed by atoms with van der Waals surface area (Å²) in [7, 11) is 1.62. The predicted molar refractivity (Wildman–Crippen MR) is 140 cm³/mol. The first kappa shape index (κ1) is 26.0. The minimum atomic E-state index is -0.624. The second-order valence-corrected chi connectivity index (χ2v) is 8.88. The van der Waals surface area contributed by atoms with Crippen molar-refractivity contribution in [3.05, 3.63) is 102 Å². The zero-order chi connectivity index (χ0) is 25.0. The summed E-state index contributed by atoms with van der Waals surface area (Å²) in [5.74, 6) is 0.555. The Morgan fingerprint density at radius 1 is 0.886 bits per heavy atom. The molecule has 0 heterocycles. The zero-order valence-electron chi connectivity index (χ0n) is 20.9. The summed E-state index contributed by atoms with van der Waals surface area (Å²) in [4.78, 5) is 28.9. The molecule has 5 heteroatoms. The molecule has 0 bridgehead atoms. The van der Waals surface area contributed by atoms with Crippen molar-refractivity contribution in [1.29, 1.82) is 0 Å². The number of benzene rings is 3. The van der Waals surface area contributed by atoms with Crippen molar-refractivity contribution < 1.29 is 14.3 Å². The molecule has 0 aromatic heterocycles. The lowest BCUT2D eigenvalue weighted by molar-refractivity contribution is -0.141. The third-order valence-corrected chi connectivity index (χ3v) is 6.23. The van der Waals surface area contributed by atoms with Crippen LogP contribution in [0.3, 0.4) is 0 Å². The highest BCUT2D eigenvalue weighted by atomic mass is 16.5. The van der Waals surface area contributed by atoms with Gasteiger partial charge in [0.2, 0.25) is 11.8 Å². The average molecular weight is 473 g/mol. The van der Waals surface area contributed by atoms with Gasteiger partial charge in [-0.3, -0.25) is 9.59 Å². The number of ether oxygens (including phenoxy) is 1. The van der Waals surface area contributed by atoms with Gasteiger partial charge in [0.1, 0.15) is 11.8 Å². The number of nitrogens with one attached hydrogen (secondary N) is 1. The molecular formula is C30H36N2O3. The predicted octanol–water partition coefficient (Wildman–Crippen LogP) is 5.18. The number of hydrogen-bond donors (Lipinski definition) is 1. The molecule has 0 aliphatic rings. The van der Waals surface area contributed by atoms with Gasteiger partial charge in [-0.2, -0.15) is 0 Å². The van der Waals surface area contributed by atoms with Crippen LogP contribution in [0.1, 0.15) is 43.4 Å². The lowest BCUT2D eigenvalue weighted by Crippen LogP contribution is -2.52. The van der Waals surface area contributed by atoms with Gasteiger partial charge in [-0.1, -0.05) is 79.7 Å². The number of nitrogens with zero attached hydrogens (tertiary/aromatic N) is 1. The highest BCUT2D eigenvalue weighted by Crippen LogP contribution is 2.20. The van der Waals surface area contributed by atoms with Crippen LogP contribution in [0.4, 0.5) is 0 Å². The van der Waals surface area contributed by atoms with Crippen LogP contribution in [0, 0.1) is 0 Å². The van der Waals surface area contributed by atoms with E-state index in [1.165, 1.54) is 0 Å². The van der Waals surface area contributed by atoms with Crippen molar-refractivity contribution >= 4 is 11.8 Å². The second kappa shape index (κ2) is 13.3. The van der Waals surface area contributed by atoms with Crippen molar-refractivity contribution in [2.75, 3.05) is 7.11 Å². The van der Waals surface area contributed by atoms with Crippen LogP contribution in [-0.4, -0.2) is 35.9 Å². The second-order valence-electron chi connectivity index (χ2n) is 8.88. The summed E-state index contributed by atoms with van der Waals surface area (Å²) >= 11 is 0. The van der Waals surface area contributed by atoms with Gasteiger partial charge in [0.15, 0.2) is 0 Å². The van der Waals surface area contributed by atoms with Crippen LogP contribution in [0.25, 0.3) is 0 Å². The van der Waals surface area contributed by atoms with Crippen molar-refractivity contribution in [3.63, 3.8) is 0 Å². The Morgan fingerprint density at radius 2 is 1.51 bits per heavy atom. The molecule has 184 valence electrons. The average Bonchev–Trinajstić information content (AvgIpc) is 2.90. The van der Waals surface area contributed by atoms with Crippen LogP contribution >= 0.6 is 0 Å². The smallest absolute Gasteiger partial charge is 0.243 e. The largest absolute Gasteiger partial charge is 0.497 e. The first-order valence-electron chi connectivity index (χ1n) is 12.3. The molecule has 2 atom stereocenters. The third-order valence-electron chi connectivity index (χ3n) is 6.23. The van der Waals surface area contributed by atoms with Crippen LogP contribution in [0.15, 0.2) is 84.9 Å². The molecule has 2 unspecified atom stereocenters. The number of aryl methyl sites for hydroxylation is 1. The fourth-order valence-electron chi connectivity index (χ4n) is 4.00. The first-order valence-corrected chi connectivity index (χ1v) is 12.3. The van der Waals surface area contributed by atoms with E-state index in [1.807, 2.05) is 98.8 Å². The fraction of sp³-hybridized carbons (Fsp3) is 0.333. The Labute approximate surface area is 209 Å². The zero-order valence-corrected chi connectivity index (χ0v) is 20.9. The minimum Gasteiger partial charge on any atom is -0.497 e. The van der Waals surface area contributed by atoms with E-state index in [-0.39, 0.29) is 17.9 Å². The van der Waals surface area contributed by atoms with Crippen LogP contribution in [-0.2, 0) is 29.0 Å². The van der Waals surface area contributed by atoms with E-state index in [1.54, 1.807) is 12.0 Å². The molecule has 5 nitrogen and oxygen atoms in total. The van der Waals surface area contributed by atoms with Gasteiger partial charge in [-0.25, -0.2) is 0 Å². The molecule has 0 spiro atoms. The van der Waals surface area contributed by atoms with Gasteiger partial charge in [-0.15, -0.1) is 0 Å². The highest BCUT2D eigenvalue weighted by Gasteiger charge is 2.30. The summed E-state index contributed by atoms with van der Waals surface area (Å²) in [5, 5.41) is 3.11. The summed E-state index contributed by atoms with van der Waals surface area (Å²) in [6, 6.07) is 26.9. The number of carbonyl (C=O) groups is 2. The molecule has 0 fully saturated rings. The van der Waals surface area contributed by atoms with Crippen LogP contribution in [0.5, 0.6) is 5.75 Å². The molecule has 3 rings (SSSR count). The van der Waals surface area contributed by atoms with E-state index < -0.39 is 6.04 Å². The van der Waals surface area contributed by atoms with E-state index >= 15 is 0 Å². The molecule has 2 amide bonds. The molecule has 35 heavy (non-hydrogen) atoms. The lowest BCUT2D eigenvalue weighted by atomic mass is 10.0. The molecule has 0 aliphatic carbocycles. The lowest BCUT2D eigenvalue weighted by Gasteiger charge is -2.32. The Kier molecular flexibility index (Phi) is 9.91. The van der Waals surface area contributed by atoms with Crippen molar-refractivity contribution in [2.45, 2.75) is 58.2 Å². The highest BCUT2D eigenvalue weighted by molar-refractivity contribution is 5.88. The van der Waals surface area contributed by atoms with Gasteiger partial charge in [0, 0.05) is 25.4 Å². The summed E-state index contributed by atoms with van der Waals surface area (Å²) in [5.41, 5.74) is 3.04. The Balaban J connectivity index is 1.92. The van der Waals surface area contributed by atoms with Crippen LogP contribution < -0.4 is 10.1 Å². The topological polar surface area (TPSA) is 58.6 Å². The van der Waals surface area contributed by atoms with Gasteiger partial charge < -0.3 is 15.0 Å². The van der Waals surface area contributed by atoms with Crippen molar-refractivity contribution in [1.82, 2.24) is 10.2 Å². The van der Waals surface area contributed by atoms with E-state index in [0.717, 1.165) is 28.9 Å². The normalized spacial score (nSPS) is 12.4. The fourth-order valence-corrected chi connectivity index (χ4v) is 4.00. The third kappa shape index (κ3) is 7.99. The summed E-state index contributed by atoms with van der Waals surface area (Å²) in [6.07, 6.45) is 2.22. The van der Waals surface area contributed by atoms with Crippen molar-refractivity contribution in [3.8, 4) is 5.75 Å². The molecule has 0 aliphatic heterocycles. The molecule has 3 aromatic rings. The number of methoxy groups -OCH3 is 1. The molecule has 0 saturated carbocycles. The minimum absolute atomic E-state index is 0.0267. The Hall–Kier alpha value is -3.60. The van der Waals surface area contributed by atoms with E-state index in [2.05, 4.69) is 5.32 Å². The Morgan fingerprint density at radius 3 is 2.14 bits per heavy atom. The number of carbonyl (C=O) groups excluding carboxylic acids is 2. The molecule has 1 N–H and O–H groups in total. The van der Waals surface area contributed by atoms with Crippen molar-refractivity contribution in [2.24, 2.45) is 0 Å². The summed E-state index contributed by atoms with van der Waals surface area (Å²) < 4.78 is 5.39. The molecule has 0 radical (unpaired) electrons. The summed E-state index contributed by atoms with van der Waals surface area (Å²) in [6.45, 7) is 4.35. The van der Waals surface area contributed by atoms with Gasteiger partial charge in [0.25, 0.3) is 0 Å². The monoisotopic (exact) mass is 472 g/mol. The standard InChI is InChI=1S/C30H36N2O3/c1-4-23(2)31-30(34)28(21-25-14-9-6-10-15-25)32(22-26-16-11-17-27(20-26)35-3)29(33)19-18-24-12-7-5-8-13-24/h5-17,20,23,28H,4,18-19,21-22H2,1-3H3,(H,31,34). The van der Waals surface area contributed by atoms with Gasteiger partial charge in [-0.05, 0) is 48.6 Å². The number of amides is 2. The molecular weight excluding hydrogens is 436 g/mol. The number of rotatable bonds is 12. The molecule has 3 aromatic carbocycles.